The van der Waals surface area contributed by atoms with E-state index < -0.39 is 11.8 Å². The summed E-state index contributed by atoms with van der Waals surface area (Å²) in [5.41, 5.74) is -0.265. The number of carbonyl (C=O) groups is 1. The van der Waals surface area contributed by atoms with E-state index in [1.54, 1.807) is 6.07 Å². The molecular weight excluding hydrogens is 191 g/mol. The lowest BCUT2D eigenvalue weighted by atomic mass is 10.2. The zero-order valence-electron chi connectivity index (χ0n) is 7.08. The molecule has 2 nitrogen and oxygen atoms in total. The minimum atomic E-state index is -1.23. The normalized spacial score (nSPS) is 10.0. The molecule has 1 N–H and O–H groups in total. The van der Waals surface area contributed by atoms with Crippen molar-refractivity contribution in [1.82, 2.24) is 0 Å². The topological polar surface area (TPSA) is 37.3 Å². The Hall–Kier alpha value is -1.03. The molecule has 0 aliphatic heterocycles. The maximum atomic E-state index is 12.9. The molecule has 0 fully saturated rings. The quantitative estimate of drug-likeness (QED) is 0.762. The molecule has 4 heteroatoms. The first-order valence-corrected chi connectivity index (χ1v) is 4.79. The van der Waals surface area contributed by atoms with Crippen LogP contribution in [0.25, 0.3) is 0 Å². The van der Waals surface area contributed by atoms with Crippen molar-refractivity contribution >= 4 is 17.7 Å². The summed E-state index contributed by atoms with van der Waals surface area (Å²) < 4.78 is 12.9. The van der Waals surface area contributed by atoms with Gasteiger partial charge in [-0.1, -0.05) is 6.92 Å². The molecule has 1 aromatic carbocycles. The van der Waals surface area contributed by atoms with Gasteiger partial charge in [0.25, 0.3) is 0 Å². The summed E-state index contributed by atoms with van der Waals surface area (Å²) in [6, 6.07) is 4.11. The Morgan fingerprint density at radius 2 is 2.31 bits per heavy atom. The van der Waals surface area contributed by atoms with E-state index in [0.29, 0.717) is 0 Å². The number of carboxylic acids is 1. The highest BCUT2D eigenvalue weighted by atomic mass is 32.2. The fraction of sp³-hybridized carbons (Fsp3) is 0.222. The minimum absolute atomic E-state index is 0.265. The van der Waals surface area contributed by atoms with Crippen LogP contribution < -0.4 is 0 Å². The summed E-state index contributed by atoms with van der Waals surface area (Å²) in [6.45, 7) is 1.95. The molecule has 0 aliphatic carbocycles. The Bertz CT molecular complexity index is 325. The zero-order valence-corrected chi connectivity index (χ0v) is 7.90. The lowest BCUT2D eigenvalue weighted by molar-refractivity contribution is 0.0691. The number of hydrogen-bond donors (Lipinski definition) is 1. The number of aromatic carboxylic acids is 1. The zero-order chi connectivity index (χ0) is 9.84. The van der Waals surface area contributed by atoms with Crippen molar-refractivity contribution in [3.8, 4) is 0 Å². The molecule has 0 aromatic heterocycles. The second kappa shape index (κ2) is 4.28. The van der Waals surface area contributed by atoms with E-state index in [9.17, 15) is 9.18 Å². The number of halogens is 1. The maximum absolute atomic E-state index is 12.9. The molecule has 0 saturated carbocycles. The third-order valence-electron chi connectivity index (χ3n) is 1.48. The Balaban J connectivity index is 3.04. The number of rotatable bonds is 3. The molecule has 0 saturated heterocycles. The lowest BCUT2D eigenvalue weighted by Gasteiger charge is -2.01. The van der Waals surface area contributed by atoms with E-state index in [1.807, 2.05) is 6.92 Å². The van der Waals surface area contributed by atoms with Gasteiger partial charge in [0.1, 0.15) is 5.82 Å². The average molecular weight is 200 g/mol. The summed E-state index contributed by atoms with van der Waals surface area (Å²) in [5, 5.41) is 8.61. The number of hydrogen-bond acceptors (Lipinski definition) is 2. The predicted molar refractivity (Wildman–Crippen MR) is 49.8 cm³/mol. The monoisotopic (exact) mass is 200 g/mol. The van der Waals surface area contributed by atoms with E-state index >= 15 is 0 Å². The van der Waals surface area contributed by atoms with E-state index in [0.717, 1.165) is 10.6 Å². The highest BCUT2D eigenvalue weighted by Gasteiger charge is 2.10. The highest BCUT2D eigenvalue weighted by Crippen LogP contribution is 2.20. The van der Waals surface area contributed by atoms with Crippen LogP contribution in [-0.4, -0.2) is 16.8 Å². The van der Waals surface area contributed by atoms with Gasteiger partial charge in [0.2, 0.25) is 0 Å². The van der Waals surface area contributed by atoms with E-state index in [1.165, 1.54) is 23.9 Å². The summed E-state index contributed by atoms with van der Waals surface area (Å²) in [5.74, 6) is -1.07. The molecule has 0 unspecified atom stereocenters. The van der Waals surface area contributed by atoms with Crippen molar-refractivity contribution in [1.29, 1.82) is 0 Å². The summed E-state index contributed by atoms with van der Waals surface area (Å²) >= 11 is 1.49. The molecule has 0 heterocycles. The Kier molecular flexibility index (Phi) is 3.31. The van der Waals surface area contributed by atoms with Crippen LogP contribution in [0.3, 0.4) is 0 Å². The Labute approximate surface area is 79.8 Å². The highest BCUT2D eigenvalue weighted by molar-refractivity contribution is 7.99. The molecule has 0 amide bonds. The van der Waals surface area contributed by atoms with Crippen LogP contribution in [0.15, 0.2) is 23.1 Å². The molecular formula is C9H9FO2S. The van der Waals surface area contributed by atoms with Crippen molar-refractivity contribution in [3.63, 3.8) is 0 Å². The van der Waals surface area contributed by atoms with Crippen LogP contribution in [0.1, 0.15) is 17.3 Å². The van der Waals surface area contributed by atoms with Crippen LogP contribution >= 0.6 is 11.8 Å². The van der Waals surface area contributed by atoms with Gasteiger partial charge in [0.15, 0.2) is 0 Å². The van der Waals surface area contributed by atoms with Gasteiger partial charge in [-0.25, -0.2) is 9.18 Å². The molecule has 0 spiro atoms. The van der Waals surface area contributed by atoms with Gasteiger partial charge in [-0.3, -0.25) is 0 Å². The second-order valence-electron chi connectivity index (χ2n) is 2.38. The molecule has 0 radical (unpaired) electrons. The average Bonchev–Trinajstić information content (AvgIpc) is 2.08. The Morgan fingerprint density at radius 3 is 2.85 bits per heavy atom. The van der Waals surface area contributed by atoms with Gasteiger partial charge in [0, 0.05) is 4.90 Å². The standard InChI is InChI=1S/C9H9FO2S/c1-2-13-6-3-4-8(10)7(5-6)9(11)12/h3-5H,2H2,1H3,(H,11,12). The van der Waals surface area contributed by atoms with Gasteiger partial charge in [-0.05, 0) is 24.0 Å². The lowest BCUT2D eigenvalue weighted by Crippen LogP contribution is -2.00. The fourth-order valence-corrected chi connectivity index (χ4v) is 1.62. The smallest absolute Gasteiger partial charge is 0.338 e. The summed E-state index contributed by atoms with van der Waals surface area (Å²) in [7, 11) is 0. The molecule has 0 bridgehead atoms. The van der Waals surface area contributed by atoms with Crippen molar-refractivity contribution in [2.45, 2.75) is 11.8 Å². The summed E-state index contributed by atoms with van der Waals surface area (Å²) in [4.78, 5) is 11.3. The van der Waals surface area contributed by atoms with Crippen LogP contribution in [-0.2, 0) is 0 Å². The van der Waals surface area contributed by atoms with Gasteiger partial charge in [-0.15, -0.1) is 11.8 Å². The van der Waals surface area contributed by atoms with Gasteiger partial charge in [-0.2, -0.15) is 0 Å². The molecule has 0 atom stereocenters. The number of thioether (sulfide) groups is 1. The number of benzene rings is 1. The van der Waals surface area contributed by atoms with Crippen LogP contribution in [0.4, 0.5) is 4.39 Å². The molecule has 0 aliphatic rings. The number of carboxylic acid groups (broad SMARTS) is 1. The minimum Gasteiger partial charge on any atom is -0.478 e. The predicted octanol–water partition coefficient (Wildman–Crippen LogP) is 2.64. The van der Waals surface area contributed by atoms with Gasteiger partial charge in [0.05, 0.1) is 5.56 Å². The van der Waals surface area contributed by atoms with Crippen molar-refractivity contribution in [2.75, 3.05) is 5.75 Å². The third kappa shape index (κ3) is 2.45. The first kappa shape index (κ1) is 10.1. The molecule has 70 valence electrons. The SMILES string of the molecule is CCSc1ccc(F)c(C(=O)O)c1. The van der Waals surface area contributed by atoms with Crippen LogP contribution in [0.2, 0.25) is 0 Å². The second-order valence-corrected chi connectivity index (χ2v) is 3.72. The van der Waals surface area contributed by atoms with Gasteiger partial charge < -0.3 is 5.11 Å². The van der Waals surface area contributed by atoms with Crippen molar-refractivity contribution < 1.29 is 14.3 Å². The largest absolute Gasteiger partial charge is 0.478 e. The van der Waals surface area contributed by atoms with E-state index in [-0.39, 0.29) is 5.56 Å². The van der Waals surface area contributed by atoms with Crippen molar-refractivity contribution in [3.05, 3.63) is 29.6 Å². The van der Waals surface area contributed by atoms with E-state index in [2.05, 4.69) is 0 Å². The first-order chi connectivity index (χ1) is 6.15. The fourth-order valence-electron chi connectivity index (χ4n) is 0.925. The Morgan fingerprint density at radius 1 is 1.62 bits per heavy atom. The van der Waals surface area contributed by atoms with E-state index in [4.69, 9.17) is 5.11 Å². The maximum Gasteiger partial charge on any atom is 0.338 e. The third-order valence-corrected chi connectivity index (χ3v) is 2.36. The first-order valence-electron chi connectivity index (χ1n) is 3.80. The molecule has 1 rings (SSSR count). The molecule has 1 aromatic rings. The van der Waals surface area contributed by atoms with Crippen LogP contribution in [0, 0.1) is 5.82 Å². The van der Waals surface area contributed by atoms with Crippen LogP contribution in [0.5, 0.6) is 0 Å². The van der Waals surface area contributed by atoms with Gasteiger partial charge >= 0.3 is 5.97 Å². The summed E-state index contributed by atoms with van der Waals surface area (Å²) in [6.07, 6.45) is 0. The van der Waals surface area contributed by atoms with Crippen molar-refractivity contribution in [2.24, 2.45) is 0 Å². The molecule has 13 heavy (non-hydrogen) atoms.